The Kier molecular flexibility index (Phi) is 4.00. The second-order valence-corrected chi connectivity index (χ2v) is 5.11. The van der Waals surface area contributed by atoms with Gasteiger partial charge in [-0.2, -0.15) is 0 Å². The van der Waals surface area contributed by atoms with Crippen molar-refractivity contribution in [2.75, 3.05) is 39.9 Å². The minimum absolute atomic E-state index is 0.841. The Balaban J connectivity index is 1.77. The van der Waals surface area contributed by atoms with Crippen molar-refractivity contribution in [2.24, 2.45) is 11.8 Å². The number of hydrogen-bond acceptors (Lipinski definition) is 3. The largest absolute Gasteiger partial charge is 0.383 e. The number of ether oxygens (including phenoxy) is 1. The molecule has 0 bridgehead atoms. The van der Waals surface area contributed by atoms with Gasteiger partial charge < -0.3 is 10.1 Å². The lowest BCUT2D eigenvalue weighted by molar-refractivity contribution is 0.128. The Morgan fingerprint density at radius 3 is 2.67 bits per heavy atom. The van der Waals surface area contributed by atoms with Crippen molar-refractivity contribution < 1.29 is 4.74 Å². The molecule has 1 aliphatic carbocycles. The van der Waals surface area contributed by atoms with Crippen molar-refractivity contribution in [1.29, 1.82) is 0 Å². The third-order valence-electron chi connectivity index (χ3n) is 3.79. The predicted octanol–water partition coefficient (Wildman–Crippen LogP) is 0.953. The fraction of sp³-hybridized carbons (Fsp3) is 1.00. The number of methoxy groups -OCH3 is 1. The van der Waals surface area contributed by atoms with Crippen LogP contribution in [0, 0.1) is 11.8 Å². The van der Waals surface area contributed by atoms with E-state index in [4.69, 9.17) is 4.74 Å². The van der Waals surface area contributed by atoms with Crippen LogP contribution in [0.15, 0.2) is 0 Å². The number of rotatable bonds is 6. The maximum absolute atomic E-state index is 5.18. The molecule has 0 spiro atoms. The average molecular weight is 212 g/mol. The molecule has 15 heavy (non-hydrogen) atoms. The summed E-state index contributed by atoms with van der Waals surface area (Å²) >= 11 is 0. The third-order valence-corrected chi connectivity index (χ3v) is 3.79. The number of hydrogen-bond donors (Lipinski definition) is 1. The zero-order chi connectivity index (χ0) is 10.7. The molecule has 0 amide bonds. The standard InChI is InChI=1S/C12H24N2O/c1-10-7-13-8-11(10)9-14(5-6-15-2)12-3-4-12/h10-13H,3-9H2,1-2H3/t10-,11+/m1/s1. The first-order valence-electron chi connectivity index (χ1n) is 6.25. The summed E-state index contributed by atoms with van der Waals surface area (Å²) < 4.78 is 5.18. The van der Waals surface area contributed by atoms with Crippen molar-refractivity contribution in [2.45, 2.75) is 25.8 Å². The SMILES string of the molecule is COCCN(C[C@@H]1CNC[C@H]1C)C1CC1. The average Bonchev–Trinajstić information content (AvgIpc) is 2.99. The summed E-state index contributed by atoms with van der Waals surface area (Å²) in [5.41, 5.74) is 0. The molecule has 1 N–H and O–H groups in total. The van der Waals surface area contributed by atoms with E-state index >= 15 is 0 Å². The van der Waals surface area contributed by atoms with Gasteiger partial charge in [-0.15, -0.1) is 0 Å². The van der Waals surface area contributed by atoms with Gasteiger partial charge in [-0.05, 0) is 37.8 Å². The summed E-state index contributed by atoms with van der Waals surface area (Å²) in [4.78, 5) is 2.64. The van der Waals surface area contributed by atoms with Crippen molar-refractivity contribution in [3.63, 3.8) is 0 Å². The Labute approximate surface area is 93.2 Å². The van der Waals surface area contributed by atoms with Gasteiger partial charge in [0.1, 0.15) is 0 Å². The van der Waals surface area contributed by atoms with Gasteiger partial charge in [0.2, 0.25) is 0 Å². The molecular formula is C12H24N2O. The minimum atomic E-state index is 0.841. The Bertz CT molecular complexity index is 194. The van der Waals surface area contributed by atoms with E-state index < -0.39 is 0 Å². The highest BCUT2D eigenvalue weighted by Gasteiger charge is 2.32. The summed E-state index contributed by atoms with van der Waals surface area (Å²) in [7, 11) is 1.80. The van der Waals surface area contributed by atoms with Crippen LogP contribution in [0.1, 0.15) is 19.8 Å². The number of nitrogens with zero attached hydrogens (tertiary/aromatic N) is 1. The van der Waals surface area contributed by atoms with Gasteiger partial charge in [-0.25, -0.2) is 0 Å². The molecule has 2 rings (SSSR count). The molecule has 3 heteroatoms. The Hall–Kier alpha value is -0.120. The van der Waals surface area contributed by atoms with E-state index in [2.05, 4.69) is 17.1 Å². The lowest BCUT2D eigenvalue weighted by atomic mass is 9.97. The Morgan fingerprint density at radius 2 is 2.13 bits per heavy atom. The third kappa shape index (κ3) is 3.16. The molecule has 0 aromatic carbocycles. The molecule has 0 unspecified atom stereocenters. The second kappa shape index (κ2) is 5.28. The molecular weight excluding hydrogens is 188 g/mol. The van der Waals surface area contributed by atoms with Crippen LogP contribution in [0.5, 0.6) is 0 Å². The van der Waals surface area contributed by atoms with Crippen LogP contribution < -0.4 is 5.32 Å². The topological polar surface area (TPSA) is 24.5 Å². The molecule has 3 nitrogen and oxygen atoms in total. The van der Waals surface area contributed by atoms with E-state index in [1.54, 1.807) is 7.11 Å². The zero-order valence-corrected chi connectivity index (χ0v) is 10.0. The lowest BCUT2D eigenvalue weighted by Gasteiger charge is -2.26. The van der Waals surface area contributed by atoms with Crippen molar-refractivity contribution in [3.05, 3.63) is 0 Å². The molecule has 1 saturated carbocycles. The first-order valence-corrected chi connectivity index (χ1v) is 6.25. The van der Waals surface area contributed by atoms with Crippen LogP contribution in [0.25, 0.3) is 0 Å². The van der Waals surface area contributed by atoms with E-state index in [-0.39, 0.29) is 0 Å². The molecule has 1 heterocycles. The van der Waals surface area contributed by atoms with Gasteiger partial charge in [0.05, 0.1) is 6.61 Å². The highest BCUT2D eigenvalue weighted by molar-refractivity contribution is 4.88. The van der Waals surface area contributed by atoms with Gasteiger partial charge in [0.15, 0.2) is 0 Å². The van der Waals surface area contributed by atoms with E-state index in [0.717, 1.165) is 31.0 Å². The molecule has 0 aromatic rings. The van der Waals surface area contributed by atoms with Crippen LogP contribution in [0.4, 0.5) is 0 Å². The van der Waals surface area contributed by atoms with E-state index in [0.29, 0.717) is 0 Å². The maximum Gasteiger partial charge on any atom is 0.0589 e. The van der Waals surface area contributed by atoms with Gasteiger partial charge in [-0.3, -0.25) is 4.90 Å². The van der Waals surface area contributed by atoms with Gasteiger partial charge in [0.25, 0.3) is 0 Å². The molecule has 2 atom stereocenters. The summed E-state index contributed by atoms with van der Waals surface area (Å²) in [6.07, 6.45) is 2.80. The van der Waals surface area contributed by atoms with Gasteiger partial charge in [0, 0.05) is 26.2 Å². The summed E-state index contributed by atoms with van der Waals surface area (Å²) in [5.74, 6) is 1.69. The van der Waals surface area contributed by atoms with Gasteiger partial charge >= 0.3 is 0 Å². The van der Waals surface area contributed by atoms with Crippen LogP contribution in [-0.2, 0) is 4.74 Å². The molecule has 88 valence electrons. The second-order valence-electron chi connectivity index (χ2n) is 5.11. The van der Waals surface area contributed by atoms with E-state index in [9.17, 15) is 0 Å². The van der Waals surface area contributed by atoms with E-state index in [1.165, 1.54) is 32.5 Å². The van der Waals surface area contributed by atoms with E-state index in [1.807, 2.05) is 0 Å². The van der Waals surface area contributed by atoms with Crippen LogP contribution in [0.3, 0.4) is 0 Å². The summed E-state index contributed by atoms with van der Waals surface area (Å²) in [6, 6.07) is 0.868. The smallest absolute Gasteiger partial charge is 0.0589 e. The lowest BCUT2D eigenvalue weighted by Crippen LogP contribution is -2.36. The monoisotopic (exact) mass is 212 g/mol. The minimum Gasteiger partial charge on any atom is -0.383 e. The fourth-order valence-electron chi connectivity index (χ4n) is 2.48. The normalized spacial score (nSPS) is 31.4. The quantitative estimate of drug-likeness (QED) is 0.709. The highest BCUT2D eigenvalue weighted by Crippen LogP contribution is 2.29. The molecule has 0 aromatic heterocycles. The Morgan fingerprint density at radius 1 is 1.33 bits per heavy atom. The van der Waals surface area contributed by atoms with Crippen LogP contribution in [0.2, 0.25) is 0 Å². The first kappa shape index (κ1) is 11.4. The molecule has 1 saturated heterocycles. The molecule has 2 fully saturated rings. The van der Waals surface area contributed by atoms with Gasteiger partial charge in [-0.1, -0.05) is 6.92 Å². The zero-order valence-electron chi connectivity index (χ0n) is 10.0. The van der Waals surface area contributed by atoms with Crippen molar-refractivity contribution in [1.82, 2.24) is 10.2 Å². The molecule has 0 radical (unpaired) electrons. The molecule has 2 aliphatic rings. The highest BCUT2D eigenvalue weighted by atomic mass is 16.5. The predicted molar refractivity (Wildman–Crippen MR) is 62.0 cm³/mol. The van der Waals surface area contributed by atoms with Crippen LogP contribution in [-0.4, -0.2) is 50.8 Å². The van der Waals surface area contributed by atoms with Crippen LogP contribution >= 0.6 is 0 Å². The van der Waals surface area contributed by atoms with Crippen molar-refractivity contribution >= 4 is 0 Å². The summed E-state index contributed by atoms with van der Waals surface area (Å²) in [6.45, 7) is 8.04. The molecule has 1 aliphatic heterocycles. The fourth-order valence-corrected chi connectivity index (χ4v) is 2.48. The summed E-state index contributed by atoms with van der Waals surface area (Å²) in [5, 5.41) is 3.48. The van der Waals surface area contributed by atoms with Crippen molar-refractivity contribution in [3.8, 4) is 0 Å². The maximum atomic E-state index is 5.18. The first-order chi connectivity index (χ1) is 7.31. The number of nitrogens with one attached hydrogen (secondary N) is 1.